The number of nitrogens with zero attached hydrogens (tertiary/aromatic N) is 1. The quantitative estimate of drug-likeness (QED) is 0.357. The van der Waals surface area contributed by atoms with Gasteiger partial charge in [-0.3, -0.25) is 19.7 Å². The molecule has 0 spiro atoms. The number of nitro benzene ring substituents is 1. The second-order valence-corrected chi connectivity index (χ2v) is 9.66. The van der Waals surface area contributed by atoms with Crippen LogP contribution in [0.1, 0.15) is 59.9 Å². The molecular formula is C27H29NO6. The summed E-state index contributed by atoms with van der Waals surface area (Å²) in [6.07, 6.45) is 1.09. The van der Waals surface area contributed by atoms with Crippen molar-refractivity contribution in [2.24, 2.45) is 11.8 Å². The Morgan fingerprint density at radius 2 is 1.71 bits per heavy atom. The first-order valence-corrected chi connectivity index (χ1v) is 12.0. The van der Waals surface area contributed by atoms with Gasteiger partial charge in [-0.2, -0.15) is 0 Å². The standard InChI is InChI=1S/C27H29NO6/c1-5-14-9-13(3)10-15(6-2)21(14)23-25(29)22-20-12-18(27(34-20)24(22)26(23)30)17-8-7-16(33-4)11-19(17)28(31)32/h7-11,18,20,22-24,27H,5-6,12H2,1-4H3/t18-,20-,22-,23?,24+,27+/m0/s1. The fourth-order valence-electron chi connectivity index (χ4n) is 6.58. The lowest BCUT2D eigenvalue weighted by atomic mass is 9.72. The molecule has 34 heavy (non-hydrogen) atoms. The number of hydrogen-bond acceptors (Lipinski definition) is 6. The summed E-state index contributed by atoms with van der Waals surface area (Å²) in [4.78, 5) is 38.9. The van der Waals surface area contributed by atoms with Gasteiger partial charge in [0.05, 0.1) is 42.1 Å². The van der Waals surface area contributed by atoms with Gasteiger partial charge in [0.25, 0.3) is 5.69 Å². The third-order valence-corrected chi connectivity index (χ3v) is 7.96. The predicted molar refractivity (Wildman–Crippen MR) is 125 cm³/mol. The highest BCUT2D eigenvalue weighted by atomic mass is 16.6. The van der Waals surface area contributed by atoms with E-state index in [0.717, 1.165) is 35.1 Å². The molecule has 2 bridgehead atoms. The van der Waals surface area contributed by atoms with Gasteiger partial charge in [0, 0.05) is 11.5 Å². The maximum Gasteiger partial charge on any atom is 0.276 e. The van der Waals surface area contributed by atoms with Gasteiger partial charge in [-0.05, 0) is 55.0 Å². The summed E-state index contributed by atoms with van der Waals surface area (Å²) in [5, 5.41) is 11.8. The van der Waals surface area contributed by atoms with Crippen LogP contribution in [0.2, 0.25) is 0 Å². The first kappa shape index (κ1) is 22.7. The molecule has 2 aromatic rings. The van der Waals surface area contributed by atoms with E-state index in [9.17, 15) is 19.7 Å². The van der Waals surface area contributed by atoms with Crippen molar-refractivity contribution in [2.75, 3.05) is 7.11 Å². The average molecular weight is 464 g/mol. The predicted octanol–water partition coefficient (Wildman–Crippen LogP) is 4.46. The van der Waals surface area contributed by atoms with E-state index in [1.54, 1.807) is 12.1 Å². The zero-order valence-electron chi connectivity index (χ0n) is 19.9. The Balaban J connectivity index is 1.54. The number of aryl methyl sites for hydroxylation is 3. The number of ketones is 2. The van der Waals surface area contributed by atoms with Gasteiger partial charge in [0.2, 0.25) is 0 Å². The van der Waals surface area contributed by atoms with Gasteiger partial charge >= 0.3 is 0 Å². The van der Waals surface area contributed by atoms with Crippen LogP contribution in [0.5, 0.6) is 5.75 Å². The van der Waals surface area contributed by atoms with Crippen LogP contribution in [-0.2, 0) is 27.2 Å². The molecule has 0 aromatic heterocycles. The Kier molecular flexibility index (Phi) is 5.55. The average Bonchev–Trinajstić information content (AvgIpc) is 3.49. The number of methoxy groups -OCH3 is 1. The van der Waals surface area contributed by atoms with E-state index in [0.29, 0.717) is 17.7 Å². The molecule has 1 unspecified atom stereocenters. The minimum absolute atomic E-state index is 0.0366. The SMILES string of the molecule is CCc1cc(C)cc(CC)c1C1C(=O)[C@@H]2[C@@H]3O[C@@H](C[C@H]3c3ccc(OC)cc3[N+](=O)[O-])[C@@H]2C1=O. The number of ether oxygens (including phenoxy) is 2. The second kappa shape index (κ2) is 8.31. The zero-order valence-corrected chi connectivity index (χ0v) is 19.9. The highest BCUT2D eigenvalue weighted by Gasteiger charge is 2.66. The molecular weight excluding hydrogens is 434 g/mol. The monoisotopic (exact) mass is 463 g/mol. The van der Waals surface area contributed by atoms with E-state index in [1.807, 2.05) is 20.8 Å². The second-order valence-electron chi connectivity index (χ2n) is 9.66. The lowest BCUT2D eigenvalue weighted by Crippen LogP contribution is -2.34. The molecule has 3 fully saturated rings. The summed E-state index contributed by atoms with van der Waals surface area (Å²) >= 11 is 0. The zero-order chi connectivity index (χ0) is 24.3. The molecule has 2 aromatic carbocycles. The molecule has 7 nitrogen and oxygen atoms in total. The van der Waals surface area contributed by atoms with Crippen LogP contribution < -0.4 is 4.74 Å². The van der Waals surface area contributed by atoms with Crippen molar-refractivity contribution in [3.63, 3.8) is 0 Å². The topological polar surface area (TPSA) is 95.7 Å². The van der Waals surface area contributed by atoms with E-state index in [2.05, 4.69) is 12.1 Å². The van der Waals surface area contributed by atoms with Crippen molar-refractivity contribution in [3.8, 4) is 5.75 Å². The van der Waals surface area contributed by atoms with Crippen LogP contribution in [0.3, 0.4) is 0 Å². The van der Waals surface area contributed by atoms with Crippen molar-refractivity contribution in [1.29, 1.82) is 0 Å². The lowest BCUT2D eigenvalue weighted by molar-refractivity contribution is -0.385. The Morgan fingerprint density at radius 3 is 2.29 bits per heavy atom. The van der Waals surface area contributed by atoms with Gasteiger partial charge in [-0.25, -0.2) is 0 Å². The van der Waals surface area contributed by atoms with Crippen molar-refractivity contribution >= 4 is 17.3 Å². The molecule has 7 heteroatoms. The molecule has 3 aliphatic rings. The van der Waals surface area contributed by atoms with Crippen LogP contribution >= 0.6 is 0 Å². The van der Waals surface area contributed by atoms with Crippen LogP contribution in [0, 0.1) is 28.9 Å². The van der Waals surface area contributed by atoms with Crippen LogP contribution in [-0.4, -0.2) is 35.8 Å². The van der Waals surface area contributed by atoms with E-state index in [4.69, 9.17) is 9.47 Å². The van der Waals surface area contributed by atoms with Crippen LogP contribution in [0.15, 0.2) is 30.3 Å². The van der Waals surface area contributed by atoms with Crippen molar-refractivity contribution in [1.82, 2.24) is 0 Å². The molecule has 2 heterocycles. The molecule has 5 rings (SSSR count). The van der Waals surface area contributed by atoms with E-state index >= 15 is 0 Å². The fraction of sp³-hybridized carbons (Fsp3) is 0.481. The summed E-state index contributed by atoms with van der Waals surface area (Å²) in [5.74, 6) is -1.81. The van der Waals surface area contributed by atoms with Crippen molar-refractivity contribution < 1.29 is 24.0 Å². The van der Waals surface area contributed by atoms with Gasteiger partial charge < -0.3 is 9.47 Å². The van der Waals surface area contributed by atoms with E-state index < -0.39 is 28.8 Å². The number of nitro groups is 1. The Hall–Kier alpha value is -3.06. The molecule has 178 valence electrons. The van der Waals surface area contributed by atoms with Crippen LogP contribution in [0.4, 0.5) is 5.69 Å². The normalized spacial score (nSPS) is 29.5. The summed E-state index contributed by atoms with van der Waals surface area (Å²) in [5.41, 5.74) is 4.63. The maximum atomic E-state index is 13.9. The first-order chi connectivity index (χ1) is 16.3. The number of Topliss-reactive ketones (excluding diaryl/α,β-unsaturated/α-hetero) is 2. The molecule has 0 radical (unpaired) electrons. The molecule has 0 amide bonds. The van der Waals surface area contributed by atoms with Crippen LogP contribution in [0.25, 0.3) is 0 Å². The largest absolute Gasteiger partial charge is 0.497 e. The number of carbonyl (C=O) groups excluding carboxylic acids is 2. The third kappa shape index (κ3) is 3.21. The highest BCUT2D eigenvalue weighted by Crippen LogP contribution is 2.58. The third-order valence-electron chi connectivity index (χ3n) is 7.96. The molecule has 2 aliphatic heterocycles. The van der Waals surface area contributed by atoms with Gasteiger partial charge in [-0.1, -0.05) is 31.5 Å². The Morgan fingerprint density at radius 1 is 1.06 bits per heavy atom. The summed E-state index contributed by atoms with van der Waals surface area (Å²) in [7, 11) is 1.47. The maximum absolute atomic E-state index is 13.9. The number of rotatable bonds is 6. The fourth-order valence-corrected chi connectivity index (χ4v) is 6.58. The number of hydrogen-bond donors (Lipinski definition) is 0. The molecule has 0 N–H and O–H groups in total. The minimum Gasteiger partial charge on any atom is -0.497 e. The van der Waals surface area contributed by atoms with Gasteiger partial charge in [-0.15, -0.1) is 0 Å². The summed E-state index contributed by atoms with van der Waals surface area (Å²) in [6, 6.07) is 8.97. The van der Waals surface area contributed by atoms with E-state index in [1.165, 1.54) is 13.2 Å². The van der Waals surface area contributed by atoms with Crippen molar-refractivity contribution in [3.05, 3.63) is 68.3 Å². The first-order valence-electron chi connectivity index (χ1n) is 12.0. The minimum atomic E-state index is -0.765. The summed E-state index contributed by atoms with van der Waals surface area (Å²) < 4.78 is 11.3. The Bertz CT molecular complexity index is 1180. The van der Waals surface area contributed by atoms with Gasteiger partial charge in [0.15, 0.2) is 11.6 Å². The number of carbonyl (C=O) groups is 2. The number of benzene rings is 2. The highest BCUT2D eigenvalue weighted by molar-refractivity contribution is 6.17. The van der Waals surface area contributed by atoms with E-state index in [-0.39, 0.29) is 29.3 Å². The molecule has 2 saturated heterocycles. The van der Waals surface area contributed by atoms with Crippen molar-refractivity contribution in [2.45, 2.75) is 64.1 Å². The van der Waals surface area contributed by atoms with Gasteiger partial charge in [0.1, 0.15) is 11.7 Å². The lowest BCUT2D eigenvalue weighted by Gasteiger charge is -2.26. The molecule has 6 atom stereocenters. The Labute approximate surface area is 198 Å². The molecule has 1 saturated carbocycles. The number of fused-ring (bicyclic) bond motifs is 5. The smallest absolute Gasteiger partial charge is 0.276 e. The summed E-state index contributed by atoms with van der Waals surface area (Å²) in [6.45, 7) is 6.14. The molecule has 1 aliphatic carbocycles.